The molecule has 2 aliphatic rings. The quantitative estimate of drug-likeness (QED) is 0.707. The van der Waals surface area contributed by atoms with E-state index >= 15 is 0 Å². The molecular weight excluding hydrogens is 400 g/mol. The third-order valence-corrected chi connectivity index (χ3v) is 5.26. The molecule has 0 unspecified atom stereocenters. The third-order valence-electron chi connectivity index (χ3n) is 5.26. The summed E-state index contributed by atoms with van der Waals surface area (Å²) in [5.74, 6) is 2.22. The van der Waals surface area contributed by atoms with Gasteiger partial charge >= 0.3 is 0 Å². The Hall–Kier alpha value is -3.42. The Balaban J connectivity index is 1.32. The number of para-hydroxylation sites is 2. The lowest BCUT2D eigenvalue weighted by Gasteiger charge is -2.22. The Morgan fingerprint density at radius 3 is 2.42 bits per heavy atom. The Labute approximate surface area is 181 Å². The molecule has 0 bridgehead atoms. The van der Waals surface area contributed by atoms with Crippen LogP contribution in [0.15, 0.2) is 42.5 Å². The highest BCUT2D eigenvalue weighted by atomic mass is 16.7. The molecule has 0 aliphatic carbocycles. The number of amides is 2. The average Bonchev–Trinajstić information content (AvgIpc) is 3.12. The number of ether oxygens (including phenoxy) is 4. The fraction of sp³-hybridized carbons (Fsp3) is 0.391. The van der Waals surface area contributed by atoms with Crippen LogP contribution in [0.4, 0.5) is 0 Å². The smallest absolute Gasteiger partial charge is 0.260 e. The maximum Gasteiger partial charge on any atom is 0.260 e. The molecule has 8 nitrogen and oxygen atoms in total. The van der Waals surface area contributed by atoms with Crippen LogP contribution in [-0.4, -0.2) is 67.8 Å². The largest absolute Gasteiger partial charge is 0.490 e. The number of benzene rings is 2. The first-order chi connectivity index (χ1) is 15.2. The normalized spacial score (nSPS) is 15.4. The first-order valence-corrected chi connectivity index (χ1v) is 10.5. The second-order valence-electron chi connectivity index (χ2n) is 7.26. The molecule has 0 radical (unpaired) electrons. The molecule has 0 spiro atoms. The first kappa shape index (κ1) is 20.8. The monoisotopic (exact) mass is 426 g/mol. The van der Waals surface area contributed by atoms with Crippen LogP contribution in [0.25, 0.3) is 0 Å². The summed E-state index contributed by atoms with van der Waals surface area (Å²) in [4.78, 5) is 29.1. The molecule has 0 atom stereocenters. The molecule has 8 heteroatoms. The van der Waals surface area contributed by atoms with Crippen molar-refractivity contribution in [2.45, 2.75) is 13.3 Å². The van der Waals surface area contributed by atoms with Crippen LogP contribution in [0.3, 0.4) is 0 Å². The molecule has 2 aliphatic heterocycles. The summed E-state index contributed by atoms with van der Waals surface area (Å²) >= 11 is 0. The zero-order chi connectivity index (χ0) is 21.6. The van der Waals surface area contributed by atoms with E-state index in [0.29, 0.717) is 67.8 Å². The fourth-order valence-corrected chi connectivity index (χ4v) is 3.66. The van der Waals surface area contributed by atoms with Gasteiger partial charge in [-0.2, -0.15) is 0 Å². The van der Waals surface area contributed by atoms with Crippen LogP contribution < -0.4 is 18.9 Å². The Morgan fingerprint density at radius 1 is 0.903 bits per heavy atom. The predicted molar refractivity (Wildman–Crippen MR) is 113 cm³/mol. The van der Waals surface area contributed by atoms with Crippen molar-refractivity contribution < 1.29 is 28.5 Å². The van der Waals surface area contributed by atoms with E-state index in [4.69, 9.17) is 18.9 Å². The van der Waals surface area contributed by atoms with Crippen LogP contribution in [-0.2, 0) is 4.79 Å². The molecular formula is C23H26N2O6. The number of carbonyl (C=O) groups excluding carboxylic acids is 2. The summed E-state index contributed by atoms with van der Waals surface area (Å²) < 4.78 is 21.9. The van der Waals surface area contributed by atoms with E-state index < -0.39 is 0 Å². The molecule has 2 heterocycles. The SMILES string of the molecule is CCOc1ccccc1OCC(=O)N1CCCN(C(=O)c2ccc3c(c2)OCO3)CC1. The highest BCUT2D eigenvalue weighted by Gasteiger charge is 2.25. The number of fused-ring (bicyclic) bond motifs is 1. The van der Waals surface area contributed by atoms with E-state index in [9.17, 15) is 9.59 Å². The third kappa shape index (κ3) is 4.84. The number of nitrogens with zero attached hydrogens (tertiary/aromatic N) is 2. The van der Waals surface area contributed by atoms with Gasteiger partial charge in [0.1, 0.15) is 0 Å². The summed E-state index contributed by atoms with van der Waals surface area (Å²) in [6.45, 7) is 4.62. The molecule has 164 valence electrons. The van der Waals surface area contributed by atoms with Crippen molar-refractivity contribution in [3.63, 3.8) is 0 Å². The summed E-state index contributed by atoms with van der Waals surface area (Å²) in [6.07, 6.45) is 0.706. The van der Waals surface area contributed by atoms with E-state index in [-0.39, 0.29) is 25.2 Å². The number of rotatable bonds is 6. The Kier molecular flexibility index (Phi) is 6.45. The average molecular weight is 426 g/mol. The van der Waals surface area contributed by atoms with E-state index in [1.807, 2.05) is 25.1 Å². The molecule has 2 aromatic carbocycles. The van der Waals surface area contributed by atoms with E-state index in [0.717, 1.165) is 0 Å². The van der Waals surface area contributed by atoms with Crippen LogP contribution in [0.5, 0.6) is 23.0 Å². The molecule has 4 rings (SSSR count). The molecule has 1 saturated heterocycles. The van der Waals surface area contributed by atoms with Gasteiger partial charge in [0, 0.05) is 31.7 Å². The second kappa shape index (κ2) is 9.59. The summed E-state index contributed by atoms with van der Waals surface area (Å²) in [5, 5.41) is 0. The topological polar surface area (TPSA) is 77.5 Å². The Bertz CT molecular complexity index is 947. The minimum absolute atomic E-state index is 0.0693. The van der Waals surface area contributed by atoms with Crippen LogP contribution >= 0.6 is 0 Å². The minimum Gasteiger partial charge on any atom is -0.490 e. The lowest BCUT2D eigenvalue weighted by molar-refractivity contribution is -0.133. The van der Waals surface area contributed by atoms with Crippen molar-refractivity contribution in [3.05, 3.63) is 48.0 Å². The van der Waals surface area contributed by atoms with Gasteiger partial charge in [-0.1, -0.05) is 12.1 Å². The number of hydrogen-bond acceptors (Lipinski definition) is 6. The lowest BCUT2D eigenvalue weighted by Crippen LogP contribution is -2.39. The van der Waals surface area contributed by atoms with E-state index in [1.165, 1.54) is 0 Å². The molecule has 0 N–H and O–H groups in total. The lowest BCUT2D eigenvalue weighted by atomic mass is 10.1. The van der Waals surface area contributed by atoms with Crippen molar-refractivity contribution in [1.82, 2.24) is 9.80 Å². The standard InChI is InChI=1S/C23H26N2O6/c1-2-28-18-6-3-4-7-19(18)29-15-22(26)24-10-5-11-25(13-12-24)23(27)17-8-9-20-21(14-17)31-16-30-20/h3-4,6-9,14H,2,5,10-13,15-16H2,1H3. The summed E-state index contributed by atoms with van der Waals surface area (Å²) in [5.41, 5.74) is 0.555. The van der Waals surface area contributed by atoms with Crippen molar-refractivity contribution >= 4 is 11.8 Å². The number of hydrogen-bond donors (Lipinski definition) is 0. The van der Waals surface area contributed by atoms with E-state index in [2.05, 4.69) is 0 Å². The predicted octanol–water partition coefficient (Wildman–Crippen LogP) is 2.57. The summed E-state index contributed by atoms with van der Waals surface area (Å²) in [6, 6.07) is 12.5. The molecule has 0 aromatic heterocycles. The highest BCUT2D eigenvalue weighted by molar-refractivity contribution is 5.95. The molecule has 1 fully saturated rings. The van der Waals surface area contributed by atoms with Crippen molar-refractivity contribution in [2.24, 2.45) is 0 Å². The van der Waals surface area contributed by atoms with Crippen LogP contribution in [0, 0.1) is 0 Å². The van der Waals surface area contributed by atoms with Gasteiger partial charge in [-0.15, -0.1) is 0 Å². The molecule has 2 amide bonds. The van der Waals surface area contributed by atoms with Gasteiger partial charge < -0.3 is 28.7 Å². The van der Waals surface area contributed by atoms with Crippen LogP contribution in [0.2, 0.25) is 0 Å². The minimum atomic E-state index is -0.108. The number of carbonyl (C=O) groups is 2. The second-order valence-corrected chi connectivity index (χ2v) is 7.26. The fourth-order valence-electron chi connectivity index (χ4n) is 3.66. The van der Waals surface area contributed by atoms with Gasteiger partial charge in [-0.25, -0.2) is 0 Å². The van der Waals surface area contributed by atoms with Gasteiger partial charge in [-0.05, 0) is 43.7 Å². The molecule has 2 aromatic rings. The maximum atomic E-state index is 12.9. The van der Waals surface area contributed by atoms with Crippen molar-refractivity contribution in [2.75, 3.05) is 46.2 Å². The van der Waals surface area contributed by atoms with Gasteiger partial charge in [-0.3, -0.25) is 9.59 Å². The highest BCUT2D eigenvalue weighted by Crippen LogP contribution is 2.33. The molecule has 0 saturated carbocycles. The maximum absolute atomic E-state index is 12.9. The van der Waals surface area contributed by atoms with Crippen molar-refractivity contribution in [1.29, 1.82) is 0 Å². The Morgan fingerprint density at radius 2 is 1.61 bits per heavy atom. The zero-order valence-corrected chi connectivity index (χ0v) is 17.5. The zero-order valence-electron chi connectivity index (χ0n) is 17.5. The van der Waals surface area contributed by atoms with Crippen molar-refractivity contribution in [3.8, 4) is 23.0 Å². The van der Waals surface area contributed by atoms with Gasteiger partial charge in [0.05, 0.1) is 6.61 Å². The van der Waals surface area contributed by atoms with E-state index in [1.54, 1.807) is 34.1 Å². The van der Waals surface area contributed by atoms with Gasteiger partial charge in [0.25, 0.3) is 11.8 Å². The molecule has 31 heavy (non-hydrogen) atoms. The van der Waals surface area contributed by atoms with Crippen LogP contribution in [0.1, 0.15) is 23.7 Å². The first-order valence-electron chi connectivity index (χ1n) is 10.5. The van der Waals surface area contributed by atoms with Gasteiger partial charge in [0.15, 0.2) is 29.6 Å². The summed E-state index contributed by atoms with van der Waals surface area (Å²) in [7, 11) is 0. The van der Waals surface area contributed by atoms with Gasteiger partial charge in [0.2, 0.25) is 6.79 Å².